The summed E-state index contributed by atoms with van der Waals surface area (Å²) in [5.74, 6) is 0. The molecular weight excluding hydrogens is 639 g/mol. The molecule has 1 heterocycles. The average molecular weight is 705 g/mol. The van der Waals surface area contributed by atoms with Crippen molar-refractivity contribution in [1.29, 1.82) is 0 Å². The molecule has 0 fully saturated rings. The van der Waals surface area contributed by atoms with Gasteiger partial charge >= 0.3 is 67.3 Å². The van der Waals surface area contributed by atoms with Crippen molar-refractivity contribution in [2.45, 2.75) is 167 Å². The Labute approximate surface area is 287 Å². The van der Waals surface area contributed by atoms with Gasteiger partial charge in [-0.25, -0.2) is 4.70 Å². The first-order chi connectivity index (χ1) is 22.1. The van der Waals surface area contributed by atoms with Gasteiger partial charge in [0.2, 0.25) is 11.4 Å². The van der Waals surface area contributed by atoms with Crippen LogP contribution in [0.1, 0.15) is 167 Å². The third kappa shape index (κ3) is 13.8. The van der Waals surface area contributed by atoms with Gasteiger partial charge in [0.1, 0.15) is 0 Å². The summed E-state index contributed by atoms with van der Waals surface area (Å²) in [6, 6.07) is 17.8. The number of unbranched alkanes of at least 4 members (excludes halogenated alkanes) is 8. The standard InChI is InChI=1S/C34H48N2.2C4H9.Pd/c1-5-9-13-14-24-32-31(23-12-8-4)33(29-21-15-19-27(25-29)17-10-6-2)36(35)34(32)30-22-16-20-28(26-30)18-11-7-3;2*1-3-4-2;/h15-16,19-22,25-26H,5-14,17-18,23-24H2,1-4H3;2*1,3-4H2,2H3;. The Morgan fingerprint density at radius 2 is 0.911 bits per heavy atom. The number of hydrogen-bond acceptors (Lipinski definition) is 0. The van der Waals surface area contributed by atoms with E-state index in [0.717, 1.165) is 79.0 Å². The zero-order valence-corrected chi connectivity index (χ0v) is 31.5. The van der Waals surface area contributed by atoms with E-state index in [-0.39, 0.29) is 0 Å². The van der Waals surface area contributed by atoms with E-state index in [4.69, 9.17) is 0 Å². The fraction of sp³-hybridized carbons (Fsp3) is 0.619. The van der Waals surface area contributed by atoms with Crippen molar-refractivity contribution in [2.75, 3.05) is 0 Å². The Morgan fingerprint density at radius 3 is 1.36 bits per heavy atom. The van der Waals surface area contributed by atoms with Crippen LogP contribution in [0, 0.1) is 0 Å². The zero-order valence-electron chi connectivity index (χ0n) is 30.0. The molecule has 0 radical (unpaired) electrons. The van der Waals surface area contributed by atoms with Gasteiger partial charge in [0.05, 0.1) is 0 Å². The summed E-state index contributed by atoms with van der Waals surface area (Å²) >= 11 is 1.07. The molecule has 0 amide bonds. The number of rotatable bonds is 22. The maximum atomic E-state index is 11.8. The Balaban J connectivity index is 0.000000681. The first-order valence-corrected chi connectivity index (χ1v) is 20.8. The van der Waals surface area contributed by atoms with Crippen molar-refractivity contribution in [3.63, 3.8) is 0 Å². The van der Waals surface area contributed by atoms with E-state index in [1.165, 1.54) is 109 Å². The van der Waals surface area contributed by atoms with Crippen LogP contribution in [0.2, 0.25) is 9.79 Å². The summed E-state index contributed by atoms with van der Waals surface area (Å²) in [6.07, 6.45) is 21.9. The Morgan fingerprint density at radius 1 is 0.489 bits per heavy atom. The van der Waals surface area contributed by atoms with Gasteiger partial charge in [-0.1, -0.05) is 90.5 Å². The van der Waals surface area contributed by atoms with Crippen LogP contribution in [-0.2, 0) is 30.8 Å². The normalized spacial score (nSPS) is 13.2. The summed E-state index contributed by atoms with van der Waals surface area (Å²) in [5, 5.41) is 0. The predicted octanol–water partition coefficient (Wildman–Crippen LogP) is 14.2. The first-order valence-electron chi connectivity index (χ1n) is 18.6. The fourth-order valence-corrected chi connectivity index (χ4v) is 8.10. The van der Waals surface area contributed by atoms with Gasteiger partial charge in [0.25, 0.3) is 0 Å². The summed E-state index contributed by atoms with van der Waals surface area (Å²) in [5.41, 5.74) is 21.6. The van der Waals surface area contributed by atoms with Crippen LogP contribution in [-0.4, -0.2) is 4.70 Å². The molecule has 0 saturated heterocycles. The van der Waals surface area contributed by atoms with Crippen LogP contribution in [0.25, 0.3) is 16.9 Å². The molecule has 2 aromatic rings. The summed E-state index contributed by atoms with van der Waals surface area (Å²) in [6.45, 7) is 13.6. The molecule has 3 heteroatoms. The number of hydrogen-bond donors (Lipinski definition) is 0. The predicted molar refractivity (Wildman–Crippen MR) is 195 cm³/mol. The monoisotopic (exact) mass is 704 g/mol. The van der Waals surface area contributed by atoms with Gasteiger partial charge in [-0.2, -0.15) is 0 Å². The van der Waals surface area contributed by atoms with E-state index in [9.17, 15) is 5.53 Å². The molecule has 0 unspecified atom stereocenters. The van der Waals surface area contributed by atoms with Crippen LogP contribution in [0.3, 0.4) is 0 Å². The van der Waals surface area contributed by atoms with Crippen LogP contribution in [0.4, 0.5) is 0 Å². The minimum atomic E-state index is 1.02. The number of aryl methyl sites for hydroxylation is 2. The summed E-state index contributed by atoms with van der Waals surface area (Å²) < 4.78 is 1.55. The fourth-order valence-electron chi connectivity index (χ4n) is 5.84. The molecule has 2 aromatic carbocycles. The Kier molecular flexibility index (Phi) is 21.3. The zero-order chi connectivity index (χ0) is 32.7. The van der Waals surface area contributed by atoms with Crippen molar-refractivity contribution < 1.29 is 22.7 Å². The summed E-state index contributed by atoms with van der Waals surface area (Å²) in [4.78, 5) is 3.01. The molecule has 3 rings (SSSR count). The van der Waals surface area contributed by atoms with Crippen molar-refractivity contribution in [2.24, 2.45) is 0 Å². The SMILES string of the molecule is CCCCCCC1=C(c2cccc(CCCC)c2)[N+](=[N-])C(c2cccc(CCCC)c2)=C1CCCC.CCC[CH2][Pd][CH2]CCC. The molecule has 0 saturated carbocycles. The maximum absolute atomic E-state index is 11.8. The summed E-state index contributed by atoms with van der Waals surface area (Å²) in [7, 11) is 0. The molecule has 0 aliphatic carbocycles. The molecule has 0 N–H and O–H groups in total. The molecule has 0 atom stereocenters. The molecule has 45 heavy (non-hydrogen) atoms. The van der Waals surface area contributed by atoms with E-state index in [1.54, 1.807) is 4.70 Å². The van der Waals surface area contributed by atoms with Crippen molar-refractivity contribution >= 4 is 11.4 Å². The Bertz CT molecular complexity index is 1170. The second-order valence-electron chi connectivity index (χ2n) is 12.7. The second kappa shape index (κ2) is 24.4. The van der Waals surface area contributed by atoms with Crippen LogP contribution in [0.5, 0.6) is 0 Å². The quantitative estimate of drug-likeness (QED) is 0.0662. The van der Waals surface area contributed by atoms with E-state index in [1.807, 2.05) is 0 Å². The number of allylic oxidation sites excluding steroid dienone is 2. The Hall–Kier alpha value is -1.82. The van der Waals surface area contributed by atoms with Crippen LogP contribution in [0.15, 0.2) is 59.7 Å². The number of benzene rings is 2. The number of nitrogens with zero attached hydrogens (tertiary/aromatic N) is 2. The topological polar surface area (TPSA) is 25.3 Å². The van der Waals surface area contributed by atoms with Gasteiger partial charge in [-0.3, -0.25) is 0 Å². The molecule has 1 aliphatic heterocycles. The van der Waals surface area contributed by atoms with Gasteiger partial charge < -0.3 is 5.53 Å². The van der Waals surface area contributed by atoms with Gasteiger partial charge in [-0.15, -0.1) is 0 Å². The van der Waals surface area contributed by atoms with Crippen LogP contribution >= 0.6 is 0 Å². The molecule has 1 aliphatic rings. The molecule has 254 valence electrons. The minimum absolute atomic E-state index is 1.02. The molecule has 0 bridgehead atoms. The molecule has 2 nitrogen and oxygen atoms in total. The first kappa shape index (κ1) is 39.4. The second-order valence-corrected chi connectivity index (χ2v) is 15.0. The van der Waals surface area contributed by atoms with Gasteiger partial charge in [0.15, 0.2) is 0 Å². The van der Waals surface area contributed by atoms with Crippen LogP contribution < -0.4 is 0 Å². The van der Waals surface area contributed by atoms with Gasteiger partial charge in [-0.05, 0) is 86.8 Å². The van der Waals surface area contributed by atoms with Gasteiger partial charge in [0, 0.05) is 22.3 Å². The molecule has 0 aromatic heterocycles. The van der Waals surface area contributed by atoms with E-state index >= 15 is 0 Å². The van der Waals surface area contributed by atoms with E-state index in [2.05, 4.69) is 90.1 Å². The van der Waals surface area contributed by atoms with Crippen molar-refractivity contribution in [3.05, 3.63) is 87.5 Å². The third-order valence-corrected chi connectivity index (χ3v) is 10.8. The van der Waals surface area contributed by atoms with Crippen molar-refractivity contribution in [1.82, 2.24) is 0 Å². The van der Waals surface area contributed by atoms with Crippen molar-refractivity contribution in [3.8, 4) is 0 Å². The molecular formula is C42H66N2Pd. The van der Waals surface area contributed by atoms with E-state index in [0.29, 0.717) is 0 Å². The van der Waals surface area contributed by atoms with E-state index < -0.39 is 0 Å². The third-order valence-electron chi connectivity index (χ3n) is 8.61. The average Bonchev–Trinajstić information content (AvgIpc) is 3.34. The molecule has 0 spiro atoms.